The maximum atomic E-state index is 5.80. The molecule has 1 unspecified atom stereocenters. The van der Waals surface area contributed by atoms with Crippen LogP contribution >= 0.6 is 0 Å². The molecule has 2 atom stereocenters. The summed E-state index contributed by atoms with van der Waals surface area (Å²) in [5.41, 5.74) is 6.94. The monoisotopic (exact) mass is 249 g/mol. The fourth-order valence-electron chi connectivity index (χ4n) is 2.24. The summed E-state index contributed by atoms with van der Waals surface area (Å²) in [5, 5.41) is 0. The van der Waals surface area contributed by atoms with Gasteiger partial charge in [0.1, 0.15) is 5.75 Å². The normalized spacial score (nSPS) is 20.9. The van der Waals surface area contributed by atoms with E-state index in [-0.39, 0.29) is 6.04 Å². The minimum atomic E-state index is 0.0820. The molecule has 0 saturated carbocycles. The van der Waals surface area contributed by atoms with Gasteiger partial charge in [-0.3, -0.25) is 0 Å². The van der Waals surface area contributed by atoms with E-state index in [1.807, 2.05) is 31.2 Å². The third kappa shape index (κ3) is 4.00. The number of rotatable bonds is 6. The smallest absolute Gasteiger partial charge is 0.119 e. The third-order valence-electron chi connectivity index (χ3n) is 3.37. The second kappa shape index (κ2) is 6.76. The van der Waals surface area contributed by atoms with Crippen LogP contribution in [-0.4, -0.2) is 19.3 Å². The van der Waals surface area contributed by atoms with Gasteiger partial charge in [-0.15, -0.1) is 0 Å². The van der Waals surface area contributed by atoms with Crippen molar-refractivity contribution in [2.24, 2.45) is 5.73 Å². The maximum Gasteiger partial charge on any atom is 0.119 e. The van der Waals surface area contributed by atoms with E-state index in [1.54, 1.807) is 0 Å². The highest BCUT2D eigenvalue weighted by atomic mass is 16.5. The van der Waals surface area contributed by atoms with Gasteiger partial charge in [0.2, 0.25) is 0 Å². The van der Waals surface area contributed by atoms with Crippen molar-refractivity contribution in [3.05, 3.63) is 29.8 Å². The van der Waals surface area contributed by atoms with Gasteiger partial charge in [0.05, 0.1) is 12.7 Å². The summed E-state index contributed by atoms with van der Waals surface area (Å²) >= 11 is 0. The zero-order valence-electron chi connectivity index (χ0n) is 11.1. The van der Waals surface area contributed by atoms with Crippen LogP contribution in [0.1, 0.15) is 44.2 Å². The Kier molecular flexibility index (Phi) is 5.02. The highest BCUT2D eigenvalue weighted by molar-refractivity contribution is 5.28. The Labute approximate surface area is 109 Å². The molecule has 100 valence electrons. The number of benzene rings is 1. The second-order valence-corrected chi connectivity index (χ2v) is 4.98. The molecule has 0 aliphatic carbocycles. The Morgan fingerprint density at radius 2 is 2.17 bits per heavy atom. The van der Waals surface area contributed by atoms with E-state index in [0.29, 0.717) is 6.10 Å². The van der Waals surface area contributed by atoms with Crippen molar-refractivity contribution in [2.45, 2.75) is 44.8 Å². The van der Waals surface area contributed by atoms with Crippen LogP contribution in [0.2, 0.25) is 0 Å². The van der Waals surface area contributed by atoms with Crippen molar-refractivity contribution in [1.29, 1.82) is 0 Å². The minimum absolute atomic E-state index is 0.0820. The minimum Gasteiger partial charge on any atom is -0.494 e. The average Bonchev–Trinajstić information content (AvgIpc) is 2.88. The van der Waals surface area contributed by atoms with E-state index < -0.39 is 0 Å². The molecule has 1 fully saturated rings. The first-order chi connectivity index (χ1) is 8.75. The lowest BCUT2D eigenvalue weighted by molar-refractivity contribution is 0.0981. The van der Waals surface area contributed by atoms with Crippen molar-refractivity contribution in [2.75, 3.05) is 13.2 Å². The summed E-state index contributed by atoms with van der Waals surface area (Å²) in [7, 11) is 0. The molecule has 0 aromatic heterocycles. The van der Waals surface area contributed by atoms with Gasteiger partial charge >= 0.3 is 0 Å². The SMILES string of the molecule is C[C@@H](N)c1ccc(OCCCC2CCCO2)cc1. The fourth-order valence-corrected chi connectivity index (χ4v) is 2.24. The first-order valence-corrected chi connectivity index (χ1v) is 6.85. The lowest BCUT2D eigenvalue weighted by Gasteiger charge is -2.11. The summed E-state index contributed by atoms with van der Waals surface area (Å²) < 4.78 is 11.3. The molecule has 1 aromatic carbocycles. The van der Waals surface area contributed by atoms with Crippen molar-refractivity contribution in [1.82, 2.24) is 0 Å². The molecular formula is C15H23NO2. The van der Waals surface area contributed by atoms with E-state index in [4.69, 9.17) is 15.2 Å². The Morgan fingerprint density at radius 3 is 2.78 bits per heavy atom. The van der Waals surface area contributed by atoms with Crippen LogP contribution in [0.3, 0.4) is 0 Å². The van der Waals surface area contributed by atoms with Crippen LogP contribution < -0.4 is 10.5 Å². The van der Waals surface area contributed by atoms with Crippen LogP contribution in [0, 0.1) is 0 Å². The van der Waals surface area contributed by atoms with Crippen molar-refractivity contribution >= 4 is 0 Å². The fraction of sp³-hybridized carbons (Fsp3) is 0.600. The first kappa shape index (κ1) is 13.4. The van der Waals surface area contributed by atoms with E-state index in [2.05, 4.69) is 0 Å². The van der Waals surface area contributed by atoms with E-state index in [0.717, 1.165) is 37.4 Å². The Morgan fingerprint density at radius 1 is 1.39 bits per heavy atom. The maximum absolute atomic E-state index is 5.80. The van der Waals surface area contributed by atoms with Gasteiger partial charge in [0.15, 0.2) is 0 Å². The van der Waals surface area contributed by atoms with Gasteiger partial charge in [-0.1, -0.05) is 12.1 Å². The summed E-state index contributed by atoms with van der Waals surface area (Å²) in [6, 6.07) is 8.12. The Bertz CT molecular complexity index is 342. The number of ether oxygens (including phenoxy) is 2. The number of hydrogen-bond donors (Lipinski definition) is 1. The van der Waals surface area contributed by atoms with E-state index in [1.165, 1.54) is 12.8 Å². The van der Waals surface area contributed by atoms with Gasteiger partial charge in [0.25, 0.3) is 0 Å². The first-order valence-electron chi connectivity index (χ1n) is 6.85. The molecular weight excluding hydrogens is 226 g/mol. The molecule has 1 aromatic rings. The highest BCUT2D eigenvalue weighted by Gasteiger charge is 2.14. The summed E-state index contributed by atoms with van der Waals surface area (Å²) in [6.45, 7) is 3.68. The molecule has 0 spiro atoms. The van der Waals surface area contributed by atoms with Gasteiger partial charge in [-0.05, 0) is 50.3 Å². The van der Waals surface area contributed by atoms with Gasteiger partial charge in [0, 0.05) is 12.6 Å². The quantitative estimate of drug-likeness (QED) is 0.788. The van der Waals surface area contributed by atoms with Crippen LogP contribution in [0.5, 0.6) is 5.75 Å². The topological polar surface area (TPSA) is 44.5 Å². The Hall–Kier alpha value is -1.06. The molecule has 1 aliphatic rings. The molecule has 0 radical (unpaired) electrons. The zero-order chi connectivity index (χ0) is 12.8. The van der Waals surface area contributed by atoms with Gasteiger partial charge < -0.3 is 15.2 Å². The summed E-state index contributed by atoms with van der Waals surface area (Å²) in [6.07, 6.45) is 5.05. The van der Waals surface area contributed by atoms with Crippen molar-refractivity contribution in [3.63, 3.8) is 0 Å². The van der Waals surface area contributed by atoms with Crippen molar-refractivity contribution < 1.29 is 9.47 Å². The molecule has 1 aliphatic heterocycles. The predicted molar refractivity (Wildman–Crippen MR) is 72.7 cm³/mol. The van der Waals surface area contributed by atoms with Crippen LogP contribution in [0.4, 0.5) is 0 Å². The van der Waals surface area contributed by atoms with Gasteiger partial charge in [-0.2, -0.15) is 0 Å². The summed E-state index contributed by atoms with van der Waals surface area (Å²) in [5.74, 6) is 0.923. The van der Waals surface area contributed by atoms with E-state index in [9.17, 15) is 0 Å². The molecule has 18 heavy (non-hydrogen) atoms. The molecule has 0 amide bonds. The number of hydrogen-bond acceptors (Lipinski definition) is 3. The molecule has 0 bridgehead atoms. The molecule has 3 heteroatoms. The van der Waals surface area contributed by atoms with Gasteiger partial charge in [-0.25, -0.2) is 0 Å². The van der Waals surface area contributed by atoms with Crippen LogP contribution in [0.15, 0.2) is 24.3 Å². The highest BCUT2D eigenvalue weighted by Crippen LogP contribution is 2.18. The van der Waals surface area contributed by atoms with E-state index >= 15 is 0 Å². The molecule has 2 N–H and O–H groups in total. The lowest BCUT2D eigenvalue weighted by Crippen LogP contribution is -2.08. The van der Waals surface area contributed by atoms with Crippen LogP contribution in [0.25, 0.3) is 0 Å². The lowest BCUT2D eigenvalue weighted by atomic mass is 10.1. The molecule has 2 rings (SSSR count). The average molecular weight is 249 g/mol. The summed E-state index contributed by atoms with van der Waals surface area (Å²) in [4.78, 5) is 0. The molecule has 1 saturated heterocycles. The standard InChI is InChI=1S/C15H23NO2/c1-12(16)13-6-8-15(9-7-13)18-11-3-5-14-4-2-10-17-14/h6-9,12,14H,2-5,10-11,16H2,1H3/t12-,14?/m1/s1. The zero-order valence-corrected chi connectivity index (χ0v) is 11.1. The molecule has 3 nitrogen and oxygen atoms in total. The second-order valence-electron chi connectivity index (χ2n) is 4.98. The third-order valence-corrected chi connectivity index (χ3v) is 3.37. The largest absolute Gasteiger partial charge is 0.494 e. The van der Waals surface area contributed by atoms with Crippen molar-refractivity contribution in [3.8, 4) is 5.75 Å². The molecule has 1 heterocycles. The number of nitrogens with two attached hydrogens (primary N) is 1. The van der Waals surface area contributed by atoms with Crippen LogP contribution in [-0.2, 0) is 4.74 Å². The Balaban J connectivity index is 1.66. The predicted octanol–water partition coefficient (Wildman–Crippen LogP) is 3.04.